The maximum Gasteiger partial charge on any atom is 0.407 e. The lowest BCUT2D eigenvalue weighted by Crippen LogP contribution is -2.40. The van der Waals surface area contributed by atoms with Crippen molar-refractivity contribution in [3.8, 4) is 0 Å². The summed E-state index contributed by atoms with van der Waals surface area (Å²) in [6.07, 6.45) is 2.84. The second-order valence-corrected chi connectivity index (χ2v) is 11.1. The fourth-order valence-corrected chi connectivity index (χ4v) is 4.90. The Morgan fingerprint density at radius 3 is 1.48 bits per heavy atom. The van der Waals surface area contributed by atoms with E-state index in [0.29, 0.717) is 26.2 Å². The van der Waals surface area contributed by atoms with Crippen molar-refractivity contribution in [3.05, 3.63) is 71.8 Å². The van der Waals surface area contributed by atoms with Gasteiger partial charge in [-0.1, -0.05) is 67.1 Å². The number of nitrogens with one attached hydrogen (secondary N) is 4. The van der Waals surface area contributed by atoms with Gasteiger partial charge in [-0.15, -0.1) is 0 Å². The second-order valence-electron chi connectivity index (χ2n) is 11.1. The summed E-state index contributed by atoms with van der Waals surface area (Å²) in [5.41, 5.74) is 2.01. The van der Waals surface area contributed by atoms with Crippen molar-refractivity contribution in [2.24, 2.45) is 11.8 Å². The second kappa shape index (κ2) is 18.9. The van der Waals surface area contributed by atoms with Gasteiger partial charge in [-0.25, -0.2) is 19.2 Å². The topological polar surface area (TPSA) is 141 Å². The van der Waals surface area contributed by atoms with Crippen LogP contribution in [0.25, 0.3) is 0 Å². The number of urea groups is 2. The number of hydrogen-bond donors (Lipinski definition) is 4. The molecule has 0 aromatic heterocycles. The minimum absolute atomic E-state index is 0.0918. The largest absolute Gasteiger partial charge is 0.448 e. The van der Waals surface area contributed by atoms with Gasteiger partial charge < -0.3 is 40.5 Å². The van der Waals surface area contributed by atoms with Gasteiger partial charge in [0.05, 0.1) is 13.1 Å². The predicted molar refractivity (Wildman–Crippen MR) is 167 cm³/mol. The van der Waals surface area contributed by atoms with E-state index < -0.39 is 12.2 Å². The van der Waals surface area contributed by atoms with Crippen LogP contribution in [-0.4, -0.2) is 87.5 Å². The number of benzene rings is 2. The number of rotatable bonds is 14. The summed E-state index contributed by atoms with van der Waals surface area (Å²) in [6.45, 7) is 2.58. The van der Waals surface area contributed by atoms with Crippen molar-refractivity contribution in [2.75, 3.05) is 53.5 Å². The zero-order valence-corrected chi connectivity index (χ0v) is 25.8. The third kappa shape index (κ3) is 13.2. The van der Waals surface area contributed by atoms with Crippen LogP contribution >= 0.6 is 0 Å². The number of amides is 6. The molecular weight excluding hydrogens is 564 g/mol. The fourth-order valence-electron chi connectivity index (χ4n) is 4.90. The molecule has 0 spiro atoms. The molecule has 0 saturated heterocycles. The summed E-state index contributed by atoms with van der Waals surface area (Å²) in [5, 5.41) is 11.3. The first-order valence-corrected chi connectivity index (χ1v) is 15.2. The molecule has 2 unspecified atom stereocenters. The van der Waals surface area contributed by atoms with Gasteiger partial charge in [0.1, 0.15) is 13.2 Å². The number of likely N-dealkylation sites (N-methyl/N-ethyl adjacent to an activating group) is 2. The number of carbonyl (C=O) groups is 4. The molecule has 3 rings (SSSR count). The van der Waals surface area contributed by atoms with Crippen molar-refractivity contribution in [1.29, 1.82) is 0 Å². The smallest absolute Gasteiger partial charge is 0.407 e. The van der Waals surface area contributed by atoms with Crippen molar-refractivity contribution in [2.45, 2.75) is 38.8 Å². The van der Waals surface area contributed by atoms with Crippen LogP contribution in [0.1, 0.15) is 36.8 Å². The Hall–Kier alpha value is -4.48. The van der Waals surface area contributed by atoms with Crippen molar-refractivity contribution < 1.29 is 28.7 Å². The average molecular weight is 611 g/mol. The summed E-state index contributed by atoms with van der Waals surface area (Å²) >= 11 is 0. The normalized spacial score (nSPS) is 15.8. The Labute approximate surface area is 259 Å². The fraction of sp³-hybridized carbons (Fsp3) is 0.500. The first-order chi connectivity index (χ1) is 21.3. The molecule has 0 heterocycles. The van der Waals surface area contributed by atoms with E-state index >= 15 is 0 Å². The van der Waals surface area contributed by atoms with Gasteiger partial charge in [0.2, 0.25) is 0 Å². The van der Waals surface area contributed by atoms with Crippen LogP contribution in [0.4, 0.5) is 19.2 Å². The third-order valence-electron chi connectivity index (χ3n) is 7.55. The standard InChI is InChI=1S/C32H46N6O6/c1-37(29(39)33-21-25-10-5-3-6-11-25)16-18-43-31(41)35-23-27-14-9-15-28(20-27)24-36-32(42)44-19-17-38(2)30(40)34-22-26-12-7-4-8-13-26/h3-8,10-13,27-28H,9,14-24H2,1-2H3,(H,33,39)(H,34,40)(H,35,41)(H,36,42). The lowest BCUT2D eigenvalue weighted by atomic mass is 9.81. The van der Waals surface area contributed by atoms with Crippen LogP contribution in [0.15, 0.2) is 60.7 Å². The van der Waals surface area contributed by atoms with E-state index in [1.54, 1.807) is 14.1 Å². The molecule has 4 N–H and O–H groups in total. The van der Waals surface area contributed by atoms with E-state index in [-0.39, 0.29) is 50.2 Å². The van der Waals surface area contributed by atoms with Crippen LogP contribution in [0.5, 0.6) is 0 Å². The van der Waals surface area contributed by atoms with Crippen molar-refractivity contribution in [3.63, 3.8) is 0 Å². The Kier molecular flexibility index (Phi) is 14.6. The van der Waals surface area contributed by atoms with Gasteiger partial charge in [0.15, 0.2) is 0 Å². The van der Waals surface area contributed by atoms with Gasteiger partial charge in [-0.2, -0.15) is 0 Å². The molecule has 1 aliphatic rings. The molecule has 0 aliphatic heterocycles. The van der Waals surface area contributed by atoms with E-state index in [1.165, 1.54) is 9.80 Å². The van der Waals surface area contributed by atoms with Crippen LogP contribution in [0, 0.1) is 11.8 Å². The van der Waals surface area contributed by atoms with Gasteiger partial charge in [0.25, 0.3) is 0 Å². The Morgan fingerprint density at radius 1 is 0.659 bits per heavy atom. The Bertz CT molecular complexity index is 1080. The maximum absolute atomic E-state index is 12.2. The Morgan fingerprint density at radius 2 is 1.07 bits per heavy atom. The molecule has 1 aliphatic carbocycles. The number of carbonyl (C=O) groups excluding carboxylic acids is 4. The highest BCUT2D eigenvalue weighted by atomic mass is 16.6. The molecule has 240 valence electrons. The summed E-state index contributed by atoms with van der Waals surface area (Å²) in [6, 6.07) is 18.8. The van der Waals surface area contributed by atoms with Gasteiger partial charge in [0, 0.05) is 40.3 Å². The molecule has 2 atom stereocenters. The van der Waals surface area contributed by atoms with E-state index in [2.05, 4.69) is 21.3 Å². The first-order valence-electron chi connectivity index (χ1n) is 15.2. The van der Waals surface area contributed by atoms with E-state index in [9.17, 15) is 19.2 Å². The molecule has 44 heavy (non-hydrogen) atoms. The van der Waals surface area contributed by atoms with Crippen LogP contribution in [-0.2, 0) is 22.6 Å². The van der Waals surface area contributed by atoms with Crippen LogP contribution in [0.2, 0.25) is 0 Å². The molecule has 2 aromatic carbocycles. The summed E-state index contributed by atoms with van der Waals surface area (Å²) in [5.74, 6) is 0.571. The Balaban J connectivity index is 1.21. The molecule has 1 fully saturated rings. The van der Waals surface area contributed by atoms with E-state index in [1.807, 2.05) is 60.7 Å². The minimum atomic E-state index is -0.509. The van der Waals surface area contributed by atoms with Crippen molar-refractivity contribution >= 4 is 24.2 Å². The van der Waals surface area contributed by atoms with Crippen LogP contribution < -0.4 is 21.3 Å². The third-order valence-corrected chi connectivity index (χ3v) is 7.55. The highest BCUT2D eigenvalue weighted by Gasteiger charge is 2.23. The van der Waals surface area contributed by atoms with Gasteiger partial charge >= 0.3 is 24.2 Å². The minimum Gasteiger partial charge on any atom is -0.448 e. The number of nitrogens with zero attached hydrogens (tertiary/aromatic N) is 2. The average Bonchev–Trinajstić information content (AvgIpc) is 3.05. The molecule has 2 aromatic rings. The lowest BCUT2D eigenvalue weighted by molar-refractivity contribution is 0.128. The first kappa shape index (κ1) is 34.0. The molecule has 0 radical (unpaired) electrons. The zero-order valence-electron chi connectivity index (χ0n) is 25.8. The molecule has 12 heteroatoms. The molecule has 6 amide bonds. The summed E-state index contributed by atoms with van der Waals surface area (Å²) in [7, 11) is 3.30. The van der Waals surface area contributed by atoms with Crippen LogP contribution in [0.3, 0.4) is 0 Å². The monoisotopic (exact) mass is 610 g/mol. The zero-order chi connectivity index (χ0) is 31.6. The number of ether oxygens (including phenoxy) is 2. The number of alkyl carbamates (subject to hydrolysis) is 2. The molecule has 1 saturated carbocycles. The van der Waals surface area contributed by atoms with E-state index in [0.717, 1.165) is 36.8 Å². The van der Waals surface area contributed by atoms with Gasteiger partial charge in [-0.3, -0.25) is 0 Å². The molecule has 12 nitrogen and oxygen atoms in total. The summed E-state index contributed by atoms with van der Waals surface area (Å²) < 4.78 is 10.5. The summed E-state index contributed by atoms with van der Waals surface area (Å²) in [4.78, 5) is 51.8. The predicted octanol–water partition coefficient (Wildman–Crippen LogP) is 3.93. The quantitative estimate of drug-likeness (QED) is 0.256. The SMILES string of the molecule is CN(CCOC(=O)NCC1CCCC(CNC(=O)OCCN(C)C(=O)NCc2ccccc2)C1)C(=O)NCc1ccccc1. The number of hydrogen-bond acceptors (Lipinski definition) is 6. The van der Waals surface area contributed by atoms with Gasteiger partial charge in [-0.05, 0) is 42.2 Å². The van der Waals surface area contributed by atoms with Crippen molar-refractivity contribution in [1.82, 2.24) is 31.1 Å². The maximum atomic E-state index is 12.2. The lowest BCUT2D eigenvalue weighted by Gasteiger charge is -2.29. The van der Waals surface area contributed by atoms with E-state index in [4.69, 9.17) is 9.47 Å². The molecule has 0 bridgehead atoms. The highest BCUT2D eigenvalue weighted by molar-refractivity contribution is 5.74. The highest BCUT2D eigenvalue weighted by Crippen LogP contribution is 2.28. The molecular formula is C32H46N6O6.